The molecule has 1 heterocycles. The highest BCUT2D eigenvalue weighted by Crippen LogP contribution is 2.38. The van der Waals surface area contributed by atoms with E-state index in [9.17, 15) is 14.7 Å². The summed E-state index contributed by atoms with van der Waals surface area (Å²) in [5.74, 6) is -0.343. The smallest absolute Gasteiger partial charge is 0.311 e. The number of carbonyl (C=O) groups is 2. The van der Waals surface area contributed by atoms with Gasteiger partial charge in [-0.15, -0.1) is 0 Å². The fraction of sp³-hybridized carbons (Fsp3) is 0.875. The molecule has 1 aliphatic rings. The molecule has 1 amide bonds. The van der Waals surface area contributed by atoms with E-state index < -0.39 is 11.4 Å². The number of likely N-dealkylation sites (tertiary alicyclic amines) is 1. The van der Waals surface area contributed by atoms with E-state index in [-0.39, 0.29) is 11.8 Å². The number of amides is 1. The van der Waals surface area contributed by atoms with Crippen LogP contribution in [0.1, 0.15) is 47.0 Å². The molecule has 0 spiro atoms. The molecule has 1 unspecified atom stereocenters. The van der Waals surface area contributed by atoms with Gasteiger partial charge in [-0.3, -0.25) is 9.59 Å². The van der Waals surface area contributed by atoms with Crippen LogP contribution >= 0.6 is 0 Å². The standard InChI is InChI=1S/C16H30N2O3/c1-5-18(6-2)14(19)8-7-10-17-11-9-16(12-17,13(3)4)15(20)21/h13H,5-12H2,1-4H3,(H,20,21). The van der Waals surface area contributed by atoms with Gasteiger partial charge in [0.05, 0.1) is 5.41 Å². The first kappa shape index (κ1) is 18.0. The molecular weight excluding hydrogens is 268 g/mol. The first-order valence-corrected chi connectivity index (χ1v) is 8.10. The predicted molar refractivity (Wildman–Crippen MR) is 83.1 cm³/mol. The van der Waals surface area contributed by atoms with Crippen LogP contribution in [-0.2, 0) is 9.59 Å². The zero-order valence-corrected chi connectivity index (χ0v) is 13.9. The normalized spacial score (nSPS) is 22.7. The van der Waals surface area contributed by atoms with Crippen molar-refractivity contribution in [3.63, 3.8) is 0 Å². The fourth-order valence-corrected chi connectivity index (χ4v) is 3.19. The number of carboxylic acids is 1. The number of hydrogen-bond donors (Lipinski definition) is 1. The van der Waals surface area contributed by atoms with Gasteiger partial charge in [0.2, 0.25) is 5.91 Å². The number of hydrogen-bond acceptors (Lipinski definition) is 3. The van der Waals surface area contributed by atoms with E-state index in [0.717, 1.165) is 32.6 Å². The first-order valence-electron chi connectivity index (χ1n) is 8.10. The minimum atomic E-state index is -0.681. The van der Waals surface area contributed by atoms with Gasteiger partial charge in [-0.05, 0) is 45.7 Å². The van der Waals surface area contributed by atoms with Crippen molar-refractivity contribution in [2.24, 2.45) is 11.3 Å². The molecule has 122 valence electrons. The molecule has 0 radical (unpaired) electrons. The number of carbonyl (C=O) groups excluding carboxylic acids is 1. The van der Waals surface area contributed by atoms with Crippen molar-refractivity contribution in [2.45, 2.75) is 47.0 Å². The Morgan fingerprint density at radius 2 is 1.90 bits per heavy atom. The van der Waals surface area contributed by atoms with Crippen LogP contribution in [0.3, 0.4) is 0 Å². The second kappa shape index (κ2) is 7.78. The van der Waals surface area contributed by atoms with Gasteiger partial charge in [0, 0.05) is 26.1 Å². The Morgan fingerprint density at radius 1 is 1.29 bits per heavy atom. The summed E-state index contributed by atoms with van der Waals surface area (Å²) in [6, 6.07) is 0. The predicted octanol–water partition coefficient (Wildman–Crippen LogP) is 2.07. The maximum absolute atomic E-state index is 11.9. The van der Waals surface area contributed by atoms with Gasteiger partial charge >= 0.3 is 5.97 Å². The SMILES string of the molecule is CCN(CC)C(=O)CCCN1CCC(C(=O)O)(C(C)C)C1. The van der Waals surface area contributed by atoms with E-state index in [2.05, 4.69) is 4.90 Å². The third-order valence-electron chi connectivity index (χ3n) is 4.89. The Bertz CT molecular complexity index is 367. The third kappa shape index (κ3) is 4.19. The Kier molecular flexibility index (Phi) is 6.65. The molecule has 21 heavy (non-hydrogen) atoms. The van der Waals surface area contributed by atoms with Gasteiger partial charge in [0.15, 0.2) is 0 Å². The largest absolute Gasteiger partial charge is 0.481 e. The van der Waals surface area contributed by atoms with Crippen molar-refractivity contribution >= 4 is 11.9 Å². The molecule has 0 aromatic carbocycles. The second-order valence-corrected chi connectivity index (χ2v) is 6.31. The molecule has 1 N–H and O–H groups in total. The average Bonchev–Trinajstić information content (AvgIpc) is 2.86. The second-order valence-electron chi connectivity index (χ2n) is 6.31. The van der Waals surface area contributed by atoms with E-state index in [0.29, 0.717) is 19.4 Å². The number of carboxylic acid groups (broad SMARTS) is 1. The summed E-state index contributed by atoms with van der Waals surface area (Å²) >= 11 is 0. The van der Waals surface area contributed by atoms with E-state index in [4.69, 9.17) is 0 Å². The summed E-state index contributed by atoms with van der Waals surface area (Å²) < 4.78 is 0. The van der Waals surface area contributed by atoms with Crippen LogP contribution in [0.2, 0.25) is 0 Å². The van der Waals surface area contributed by atoms with E-state index in [1.54, 1.807) is 0 Å². The van der Waals surface area contributed by atoms with Gasteiger partial charge in [0.1, 0.15) is 0 Å². The lowest BCUT2D eigenvalue weighted by molar-refractivity contribution is -0.151. The molecule has 0 aliphatic carbocycles. The molecule has 1 saturated heterocycles. The van der Waals surface area contributed by atoms with Crippen molar-refractivity contribution in [1.82, 2.24) is 9.80 Å². The van der Waals surface area contributed by atoms with Crippen molar-refractivity contribution in [3.05, 3.63) is 0 Å². The summed E-state index contributed by atoms with van der Waals surface area (Å²) in [7, 11) is 0. The highest BCUT2D eigenvalue weighted by Gasteiger charge is 2.46. The Morgan fingerprint density at radius 3 is 2.33 bits per heavy atom. The quantitative estimate of drug-likeness (QED) is 0.745. The molecule has 0 saturated carbocycles. The minimum absolute atomic E-state index is 0.136. The van der Waals surface area contributed by atoms with Crippen molar-refractivity contribution in [3.8, 4) is 0 Å². The van der Waals surface area contributed by atoms with Crippen molar-refractivity contribution in [2.75, 3.05) is 32.7 Å². The molecule has 1 atom stereocenters. The van der Waals surface area contributed by atoms with Crippen LogP contribution in [0, 0.1) is 11.3 Å². The van der Waals surface area contributed by atoms with Crippen LogP contribution in [0.4, 0.5) is 0 Å². The van der Waals surface area contributed by atoms with Crippen molar-refractivity contribution < 1.29 is 14.7 Å². The van der Waals surface area contributed by atoms with Gasteiger partial charge in [-0.1, -0.05) is 13.8 Å². The zero-order chi connectivity index (χ0) is 16.0. The maximum atomic E-state index is 11.9. The summed E-state index contributed by atoms with van der Waals surface area (Å²) in [6.45, 7) is 11.7. The molecule has 1 aliphatic heterocycles. The molecule has 5 heteroatoms. The van der Waals surface area contributed by atoms with Gasteiger partial charge < -0.3 is 14.9 Å². The summed E-state index contributed by atoms with van der Waals surface area (Å²) in [5, 5.41) is 9.51. The molecule has 0 bridgehead atoms. The Labute approximate surface area is 128 Å². The molecule has 0 aromatic rings. The third-order valence-corrected chi connectivity index (χ3v) is 4.89. The Balaban J connectivity index is 2.42. The van der Waals surface area contributed by atoms with E-state index in [1.807, 2.05) is 32.6 Å². The summed E-state index contributed by atoms with van der Waals surface area (Å²) in [4.78, 5) is 27.6. The van der Waals surface area contributed by atoms with Crippen LogP contribution < -0.4 is 0 Å². The van der Waals surface area contributed by atoms with Crippen molar-refractivity contribution in [1.29, 1.82) is 0 Å². The molecular formula is C16H30N2O3. The average molecular weight is 298 g/mol. The highest BCUT2D eigenvalue weighted by atomic mass is 16.4. The number of aliphatic carboxylic acids is 1. The van der Waals surface area contributed by atoms with Gasteiger partial charge in [-0.25, -0.2) is 0 Å². The van der Waals surface area contributed by atoms with E-state index >= 15 is 0 Å². The minimum Gasteiger partial charge on any atom is -0.481 e. The van der Waals surface area contributed by atoms with Gasteiger partial charge in [0.25, 0.3) is 0 Å². The maximum Gasteiger partial charge on any atom is 0.311 e. The van der Waals surface area contributed by atoms with Crippen LogP contribution in [0.15, 0.2) is 0 Å². The molecule has 1 rings (SSSR count). The van der Waals surface area contributed by atoms with Crippen LogP contribution in [0.25, 0.3) is 0 Å². The summed E-state index contributed by atoms with van der Waals surface area (Å²) in [6.07, 6.45) is 2.08. The zero-order valence-electron chi connectivity index (χ0n) is 13.9. The van der Waals surface area contributed by atoms with Crippen LogP contribution in [0.5, 0.6) is 0 Å². The van der Waals surface area contributed by atoms with Gasteiger partial charge in [-0.2, -0.15) is 0 Å². The summed E-state index contributed by atoms with van der Waals surface area (Å²) in [5.41, 5.74) is -0.608. The molecule has 5 nitrogen and oxygen atoms in total. The molecule has 1 fully saturated rings. The number of nitrogens with zero attached hydrogens (tertiary/aromatic N) is 2. The first-order chi connectivity index (χ1) is 9.87. The fourth-order valence-electron chi connectivity index (χ4n) is 3.19. The highest BCUT2D eigenvalue weighted by molar-refractivity contribution is 5.76. The Hall–Kier alpha value is -1.10. The molecule has 0 aromatic heterocycles. The van der Waals surface area contributed by atoms with Crippen LogP contribution in [-0.4, -0.2) is 59.5 Å². The lowest BCUT2D eigenvalue weighted by atomic mass is 9.76. The lowest BCUT2D eigenvalue weighted by Crippen LogP contribution is -2.39. The lowest BCUT2D eigenvalue weighted by Gasteiger charge is -2.29. The monoisotopic (exact) mass is 298 g/mol. The number of rotatable bonds is 8. The topological polar surface area (TPSA) is 60.9 Å². The van der Waals surface area contributed by atoms with E-state index in [1.165, 1.54) is 0 Å².